The molecule has 0 aromatic heterocycles. The highest BCUT2D eigenvalue weighted by atomic mass is 16.5. The maximum absolute atomic E-state index is 13.6. The van der Waals surface area contributed by atoms with E-state index in [1.54, 1.807) is 0 Å². The number of fused-ring (bicyclic) bond motifs is 3. The highest BCUT2D eigenvalue weighted by molar-refractivity contribution is 5.81. The van der Waals surface area contributed by atoms with Crippen LogP contribution in [0.25, 0.3) is 0 Å². The molecule has 27 heavy (non-hydrogen) atoms. The molecule has 2 aromatic rings. The van der Waals surface area contributed by atoms with Gasteiger partial charge in [-0.05, 0) is 43.4 Å². The Morgan fingerprint density at radius 1 is 1.19 bits per heavy atom. The molecule has 2 aliphatic rings. The molecule has 1 saturated heterocycles. The Labute approximate surface area is 160 Å². The largest absolute Gasteiger partial charge is 0.396 e. The van der Waals surface area contributed by atoms with Gasteiger partial charge in [-0.3, -0.25) is 4.79 Å². The highest BCUT2D eigenvalue weighted by Gasteiger charge is 2.54. The van der Waals surface area contributed by atoms with Crippen LogP contribution < -0.4 is 0 Å². The molecule has 1 amide bonds. The lowest BCUT2D eigenvalue weighted by Crippen LogP contribution is -2.48. The van der Waals surface area contributed by atoms with Crippen molar-refractivity contribution >= 4 is 5.91 Å². The van der Waals surface area contributed by atoms with Crippen LogP contribution in [0.5, 0.6) is 0 Å². The van der Waals surface area contributed by atoms with Crippen LogP contribution in [0.15, 0.2) is 54.6 Å². The van der Waals surface area contributed by atoms with Crippen LogP contribution in [-0.4, -0.2) is 34.3 Å². The number of nitrogens with zero attached hydrogens (tertiary/aromatic N) is 1. The molecule has 1 aliphatic carbocycles. The minimum atomic E-state index is -0.648. The number of rotatable bonds is 5. The van der Waals surface area contributed by atoms with Gasteiger partial charge < -0.3 is 14.7 Å². The van der Waals surface area contributed by atoms with Crippen molar-refractivity contribution in [1.82, 2.24) is 4.90 Å². The molecule has 4 rings (SSSR count). The average molecular weight is 365 g/mol. The van der Waals surface area contributed by atoms with E-state index in [4.69, 9.17) is 4.74 Å². The Morgan fingerprint density at radius 2 is 1.89 bits per heavy atom. The van der Waals surface area contributed by atoms with E-state index in [1.165, 1.54) is 11.1 Å². The number of benzene rings is 2. The quantitative estimate of drug-likeness (QED) is 0.882. The lowest BCUT2D eigenvalue weighted by Gasteiger charge is -2.36. The molecule has 0 saturated carbocycles. The fourth-order valence-corrected chi connectivity index (χ4v) is 4.68. The molecular formula is C23H27NO3. The van der Waals surface area contributed by atoms with E-state index in [9.17, 15) is 9.90 Å². The summed E-state index contributed by atoms with van der Waals surface area (Å²) in [6.07, 6.45) is 1.94. The molecule has 2 aromatic carbocycles. The Kier molecular flexibility index (Phi) is 4.79. The molecule has 3 atom stereocenters. The monoisotopic (exact) mass is 365 g/mol. The average Bonchev–Trinajstić information content (AvgIpc) is 3.12. The maximum atomic E-state index is 13.6. The minimum absolute atomic E-state index is 0.00302. The zero-order valence-electron chi connectivity index (χ0n) is 16.0. The van der Waals surface area contributed by atoms with E-state index in [1.807, 2.05) is 61.2 Å². The molecule has 1 N–H and O–H groups in total. The standard InChI is InChI=1S/C23H27NO3/c1-23(2)24(21-19-11-7-6-10-17(19)15-20(21)27-23)22(26)18(12-13-25)14-16-8-4-3-5-9-16/h3-11,18,20-21,25H,12-15H2,1-2H3/t18-,20+,21-/m0/s1. The van der Waals surface area contributed by atoms with Crippen molar-refractivity contribution in [3.8, 4) is 0 Å². The zero-order chi connectivity index (χ0) is 19.0. The Balaban J connectivity index is 1.65. The van der Waals surface area contributed by atoms with Crippen LogP contribution in [0.2, 0.25) is 0 Å². The zero-order valence-corrected chi connectivity index (χ0v) is 16.0. The minimum Gasteiger partial charge on any atom is -0.396 e. The number of ether oxygens (including phenoxy) is 1. The van der Waals surface area contributed by atoms with Gasteiger partial charge in [-0.15, -0.1) is 0 Å². The van der Waals surface area contributed by atoms with Crippen molar-refractivity contribution in [3.63, 3.8) is 0 Å². The normalized spacial score (nSPS) is 23.7. The molecule has 4 heteroatoms. The highest BCUT2D eigenvalue weighted by Crippen LogP contribution is 2.48. The summed E-state index contributed by atoms with van der Waals surface area (Å²) < 4.78 is 6.31. The molecular weight excluding hydrogens is 338 g/mol. The number of amides is 1. The predicted octanol–water partition coefficient (Wildman–Crippen LogP) is 3.49. The molecule has 0 bridgehead atoms. The lowest BCUT2D eigenvalue weighted by atomic mass is 9.93. The van der Waals surface area contributed by atoms with Gasteiger partial charge in [0.1, 0.15) is 5.72 Å². The summed E-state index contributed by atoms with van der Waals surface area (Å²) in [5.41, 5.74) is 2.93. The molecule has 4 nitrogen and oxygen atoms in total. The number of aliphatic hydroxyl groups excluding tert-OH is 1. The molecule has 0 unspecified atom stereocenters. The fourth-order valence-electron chi connectivity index (χ4n) is 4.68. The summed E-state index contributed by atoms with van der Waals surface area (Å²) in [7, 11) is 0. The topological polar surface area (TPSA) is 49.8 Å². The Hall–Kier alpha value is -2.17. The first-order chi connectivity index (χ1) is 13.0. The first-order valence-electron chi connectivity index (χ1n) is 9.75. The van der Waals surface area contributed by atoms with Crippen LogP contribution in [0.3, 0.4) is 0 Å². The second-order valence-corrected chi connectivity index (χ2v) is 8.06. The van der Waals surface area contributed by atoms with Crippen molar-refractivity contribution < 1.29 is 14.6 Å². The summed E-state index contributed by atoms with van der Waals surface area (Å²) in [5.74, 6) is -0.186. The number of carbonyl (C=O) groups excluding carboxylic acids is 1. The van der Waals surface area contributed by atoms with Crippen LogP contribution in [-0.2, 0) is 22.4 Å². The van der Waals surface area contributed by atoms with Gasteiger partial charge in [0.05, 0.1) is 12.1 Å². The van der Waals surface area contributed by atoms with Crippen molar-refractivity contribution in [1.29, 1.82) is 0 Å². The van der Waals surface area contributed by atoms with Gasteiger partial charge in [0.2, 0.25) is 5.91 Å². The van der Waals surface area contributed by atoms with Gasteiger partial charge in [0.25, 0.3) is 0 Å². The van der Waals surface area contributed by atoms with Crippen molar-refractivity contribution in [2.75, 3.05) is 6.61 Å². The molecule has 0 spiro atoms. The SMILES string of the molecule is CC1(C)O[C@@H]2Cc3ccccc3[C@@H]2N1C(=O)[C@@H](CCO)Cc1ccccc1. The number of hydrogen-bond acceptors (Lipinski definition) is 3. The van der Waals surface area contributed by atoms with E-state index < -0.39 is 5.72 Å². The third kappa shape index (κ3) is 3.28. The molecule has 1 aliphatic heterocycles. The first kappa shape index (κ1) is 18.2. The summed E-state index contributed by atoms with van der Waals surface area (Å²) in [6.45, 7) is 3.96. The summed E-state index contributed by atoms with van der Waals surface area (Å²) in [5, 5.41) is 9.58. The van der Waals surface area contributed by atoms with Gasteiger partial charge >= 0.3 is 0 Å². The smallest absolute Gasteiger partial charge is 0.228 e. The van der Waals surface area contributed by atoms with Gasteiger partial charge in [-0.25, -0.2) is 0 Å². The summed E-state index contributed by atoms with van der Waals surface area (Å²) in [4.78, 5) is 15.6. The molecule has 142 valence electrons. The first-order valence-corrected chi connectivity index (χ1v) is 9.75. The second-order valence-electron chi connectivity index (χ2n) is 8.06. The van der Waals surface area contributed by atoms with Crippen LogP contribution in [0.4, 0.5) is 0 Å². The number of hydrogen-bond donors (Lipinski definition) is 1. The van der Waals surface area contributed by atoms with Crippen molar-refractivity contribution in [2.24, 2.45) is 5.92 Å². The van der Waals surface area contributed by atoms with Crippen LogP contribution in [0.1, 0.15) is 43.0 Å². The third-order valence-corrected chi connectivity index (χ3v) is 5.83. The molecule has 1 fully saturated rings. The third-order valence-electron chi connectivity index (χ3n) is 5.83. The van der Waals surface area contributed by atoms with E-state index in [0.29, 0.717) is 12.8 Å². The van der Waals surface area contributed by atoms with Crippen LogP contribution >= 0.6 is 0 Å². The number of aliphatic hydroxyl groups is 1. The Bertz CT molecular complexity index is 817. The maximum Gasteiger partial charge on any atom is 0.228 e. The lowest BCUT2D eigenvalue weighted by molar-refractivity contribution is -0.152. The second kappa shape index (κ2) is 7.10. The van der Waals surface area contributed by atoms with Crippen molar-refractivity contribution in [3.05, 3.63) is 71.3 Å². The van der Waals surface area contributed by atoms with Crippen LogP contribution in [0, 0.1) is 5.92 Å². The van der Waals surface area contributed by atoms with E-state index in [2.05, 4.69) is 12.1 Å². The molecule has 1 heterocycles. The molecule has 0 radical (unpaired) electrons. The van der Waals surface area contributed by atoms with E-state index >= 15 is 0 Å². The fraction of sp³-hybridized carbons (Fsp3) is 0.435. The van der Waals surface area contributed by atoms with Gasteiger partial charge in [0, 0.05) is 18.9 Å². The summed E-state index contributed by atoms with van der Waals surface area (Å²) in [6, 6.07) is 18.3. The summed E-state index contributed by atoms with van der Waals surface area (Å²) >= 11 is 0. The van der Waals surface area contributed by atoms with Crippen molar-refractivity contribution in [2.45, 2.75) is 51.0 Å². The van der Waals surface area contributed by atoms with E-state index in [-0.39, 0.29) is 30.6 Å². The predicted molar refractivity (Wildman–Crippen MR) is 104 cm³/mol. The van der Waals surface area contributed by atoms with E-state index in [0.717, 1.165) is 12.0 Å². The van der Waals surface area contributed by atoms with Gasteiger partial charge in [-0.2, -0.15) is 0 Å². The number of carbonyl (C=O) groups is 1. The van der Waals surface area contributed by atoms with Gasteiger partial charge in [-0.1, -0.05) is 54.6 Å². The Morgan fingerprint density at radius 3 is 2.63 bits per heavy atom. The van der Waals surface area contributed by atoms with Gasteiger partial charge in [0.15, 0.2) is 0 Å².